The fourth-order valence-electron chi connectivity index (χ4n) is 2.22. The summed E-state index contributed by atoms with van der Waals surface area (Å²) < 4.78 is 1.74. The first-order valence-corrected chi connectivity index (χ1v) is 6.86. The van der Waals surface area contributed by atoms with Crippen molar-refractivity contribution >= 4 is 16.7 Å². The molecule has 0 aliphatic heterocycles. The summed E-state index contributed by atoms with van der Waals surface area (Å²) in [6.07, 6.45) is 5.63. The average molecular weight is 290 g/mol. The van der Waals surface area contributed by atoms with Crippen molar-refractivity contribution in [3.05, 3.63) is 42.5 Å². The van der Waals surface area contributed by atoms with Crippen LogP contribution in [0.15, 0.2) is 36.8 Å². The molecule has 0 aromatic carbocycles. The fourth-order valence-corrected chi connectivity index (χ4v) is 2.22. The maximum atomic E-state index is 11.6. The number of hydrogen-bond donors (Lipinski definition) is 0. The number of ketones is 1. The van der Waals surface area contributed by atoms with Gasteiger partial charge >= 0.3 is 0 Å². The summed E-state index contributed by atoms with van der Waals surface area (Å²) >= 11 is 0. The van der Waals surface area contributed by atoms with Crippen LogP contribution in [0.5, 0.6) is 0 Å². The third kappa shape index (κ3) is 2.86. The summed E-state index contributed by atoms with van der Waals surface area (Å²) in [4.78, 5) is 20.5. The molecule has 0 aliphatic carbocycles. The summed E-state index contributed by atoms with van der Waals surface area (Å²) in [5.41, 5.74) is 3.29. The van der Waals surface area contributed by atoms with Crippen LogP contribution < -0.4 is 0 Å². The largest absolute Gasteiger partial charge is 0.284 e. The lowest BCUT2D eigenvalue weighted by Gasteiger charge is -2.03. The molecular weight excluding hydrogens is 276 g/mol. The van der Waals surface area contributed by atoms with Crippen LogP contribution in [-0.4, -0.2) is 25.5 Å². The normalized spacial score (nSPS) is 10.3. The van der Waals surface area contributed by atoms with Crippen molar-refractivity contribution in [2.75, 3.05) is 0 Å². The molecule has 3 rings (SSSR count). The number of hydrogen-bond acceptors (Lipinski definition) is 4. The minimum atomic E-state index is -0.141. The van der Waals surface area contributed by atoms with Gasteiger partial charge in [0, 0.05) is 30.4 Å². The Bertz CT molecular complexity index is 915. The van der Waals surface area contributed by atoms with E-state index in [1.54, 1.807) is 24.0 Å². The number of aromatic nitrogens is 4. The number of rotatable bonds is 3. The Hall–Kier alpha value is -3.00. The van der Waals surface area contributed by atoms with Crippen molar-refractivity contribution in [2.45, 2.75) is 13.3 Å². The van der Waals surface area contributed by atoms with E-state index in [0.29, 0.717) is 5.69 Å². The summed E-state index contributed by atoms with van der Waals surface area (Å²) in [5.74, 6) is 4.99. The number of pyridine rings is 2. The number of nitrogens with zero attached hydrogens (tertiary/aromatic N) is 4. The molecule has 0 N–H and O–H groups in total. The van der Waals surface area contributed by atoms with Crippen molar-refractivity contribution in [2.24, 2.45) is 7.05 Å². The predicted octanol–water partition coefficient (Wildman–Crippen LogP) is 2.17. The first-order chi connectivity index (χ1) is 10.7. The molecule has 5 heteroatoms. The van der Waals surface area contributed by atoms with Gasteiger partial charge in [-0.3, -0.25) is 14.5 Å². The number of fused-ring (bicyclic) bond motifs is 1. The van der Waals surface area contributed by atoms with Crippen molar-refractivity contribution in [1.29, 1.82) is 0 Å². The number of carbonyl (C=O) groups excluding carboxylic acids is 1. The van der Waals surface area contributed by atoms with Crippen LogP contribution in [0.3, 0.4) is 0 Å². The molecule has 0 spiro atoms. The predicted molar refractivity (Wildman–Crippen MR) is 83.9 cm³/mol. The van der Waals surface area contributed by atoms with Gasteiger partial charge in [0.2, 0.25) is 5.78 Å². The monoisotopic (exact) mass is 290 g/mol. The minimum absolute atomic E-state index is 0.141. The van der Waals surface area contributed by atoms with E-state index in [1.165, 1.54) is 0 Å². The van der Waals surface area contributed by atoms with E-state index >= 15 is 0 Å². The Morgan fingerprint density at radius 1 is 1.32 bits per heavy atom. The van der Waals surface area contributed by atoms with Crippen molar-refractivity contribution in [3.8, 4) is 23.1 Å². The lowest BCUT2D eigenvalue weighted by Crippen LogP contribution is -2.01. The summed E-state index contributed by atoms with van der Waals surface area (Å²) in [6, 6.07) is 5.74. The highest BCUT2D eigenvalue weighted by atomic mass is 16.1. The van der Waals surface area contributed by atoms with Gasteiger partial charge in [0.05, 0.1) is 29.5 Å². The van der Waals surface area contributed by atoms with Gasteiger partial charge in [-0.2, -0.15) is 5.10 Å². The standard InChI is InChI=1S/C17H14N4O/c1-3-4-15(22)7-14-8-17-12(9-18-14)5-6-16(20-17)13-10-19-21(2)11-13/h5-6,8-11H,7H2,1-2H3. The Labute approximate surface area is 128 Å². The maximum Gasteiger partial charge on any atom is 0.211 e. The van der Waals surface area contributed by atoms with Crippen LogP contribution in [0.25, 0.3) is 22.2 Å². The lowest BCUT2D eigenvalue weighted by molar-refractivity contribution is -0.113. The first-order valence-electron chi connectivity index (χ1n) is 6.86. The highest BCUT2D eigenvalue weighted by Crippen LogP contribution is 2.20. The molecule has 0 radical (unpaired) electrons. The second-order valence-corrected chi connectivity index (χ2v) is 4.94. The molecule has 0 fully saturated rings. The van der Waals surface area contributed by atoms with Gasteiger partial charge in [-0.25, -0.2) is 4.98 Å². The van der Waals surface area contributed by atoms with E-state index in [0.717, 1.165) is 22.2 Å². The molecule has 0 bridgehead atoms. The molecule has 0 amide bonds. The van der Waals surface area contributed by atoms with E-state index in [2.05, 4.69) is 26.9 Å². The Morgan fingerprint density at radius 3 is 2.91 bits per heavy atom. The van der Waals surface area contributed by atoms with Crippen LogP contribution in [-0.2, 0) is 18.3 Å². The zero-order chi connectivity index (χ0) is 15.5. The molecule has 0 saturated carbocycles. The zero-order valence-electron chi connectivity index (χ0n) is 12.4. The van der Waals surface area contributed by atoms with E-state index < -0.39 is 0 Å². The SMILES string of the molecule is CC#CC(=O)Cc1cc2nc(-c3cnn(C)c3)ccc2cn1. The molecular formula is C17H14N4O. The number of Topliss-reactive ketones (excluding diaryl/α,β-unsaturated/α-hetero) is 1. The summed E-state index contributed by atoms with van der Waals surface area (Å²) in [5, 5.41) is 5.09. The molecule has 0 atom stereocenters. The van der Waals surface area contributed by atoms with Gasteiger partial charge in [0.1, 0.15) is 0 Å². The second kappa shape index (κ2) is 5.78. The molecule has 0 unspecified atom stereocenters. The Morgan fingerprint density at radius 2 is 2.18 bits per heavy atom. The molecule has 3 heterocycles. The summed E-state index contributed by atoms with van der Waals surface area (Å²) in [7, 11) is 1.87. The van der Waals surface area contributed by atoms with Crippen molar-refractivity contribution < 1.29 is 4.79 Å². The molecule has 0 saturated heterocycles. The van der Waals surface area contributed by atoms with Gasteiger partial charge < -0.3 is 0 Å². The smallest absolute Gasteiger partial charge is 0.211 e. The van der Waals surface area contributed by atoms with Crippen LogP contribution in [0.4, 0.5) is 0 Å². The summed E-state index contributed by atoms with van der Waals surface area (Å²) in [6.45, 7) is 1.65. The quantitative estimate of drug-likeness (QED) is 0.548. The van der Waals surface area contributed by atoms with Crippen molar-refractivity contribution in [3.63, 3.8) is 0 Å². The van der Waals surface area contributed by atoms with E-state index in [1.807, 2.05) is 31.4 Å². The molecule has 22 heavy (non-hydrogen) atoms. The molecule has 3 aromatic heterocycles. The molecule has 108 valence electrons. The van der Waals surface area contributed by atoms with Crippen LogP contribution in [0, 0.1) is 11.8 Å². The second-order valence-electron chi connectivity index (χ2n) is 4.94. The topological polar surface area (TPSA) is 60.7 Å². The van der Waals surface area contributed by atoms with Crippen LogP contribution in [0.2, 0.25) is 0 Å². The Balaban J connectivity index is 1.98. The number of carbonyl (C=O) groups is 1. The minimum Gasteiger partial charge on any atom is -0.284 e. The average Bonchev–Trinajstić information content (AvgIpc) is 2.93. The van der Waals surface area contributed by atoms with Crippen LogP contribution in [0.1, 0.15) is 12.6 Å². The molecule has 3 aromatic rings. The van der Waals surface area contributed by atoms with Gasteiger partial charge in [0.15, 0.2) is 0 Å². The Kier molecular flexibility index (Phi) is 3.67. The lowest BCUT2D eigenvalue weighted by atomic mass is 10.1. The van der Waals surface area contributed by atoms with Gasteiger partial charge in [-0.15, -0.1) is 0 Å². The third-order valence-corrected chi connectivity index (χ3v) is 3.24. The van der Waals surface area contributed by atoms with E-state index in [9.17, 15) is 4.79 Å². The van der Waals surface area contributed by atoms with Crippen LogP contribution >= 0.6 is 0 Å². The number of aryl methyl sites for hydroxylation is 1. The zero-order valence-corrected chi connectivity index (χ0v) is 12.4. The molecule has 0 aliphatic rings. The maximum absolute atomic E-state index is 11.6. The highest BCUT2D eigenvalue weighted by Gasteiger charge is 2.07. The van der Waals surface area contributed by atoms with Gasteiger partial charge in [-0.05, 0) is 31.0 Å². The van der Waals surface area contributed by atoms with Gasteiger partial charge in [-0.1, -0.05) is 5.92 Å². The van der Waals surface area contributed by atoms with Gasteiger partial charge in [0.25, 0.3) is 0 Å². The highest BCUT2D eigenvalue weighted by molar-refractivity contribution is 5.97. The first kappa shape index (κ1) is 14.0. The van der Waals surface area contributed by atoms with E-state index in [-0.39, 0.29) is 12.2 Å². The molecule has 5 nitrogen and oxygen atoms in total. The third-order valence-electron chi connectivity index (χ3n) is 3.24. The van der Waals surface area contributed by atoms with Crippen molar-refractivity contribution in [1.82, 2.24) is 19.7 Å². The van der Waals surface area contributed by atoms with E-state index in [4.69, 9.17) is 0 Å². The fraction of sp³-hybridized carbons (Fsp3) is 0.176.